The number of benzene rings is 3. The summed E-state index contributed by atoms with van der Waals surface area (Å²) < 4.78 is 33.8. The van der Waals surface area contributed by atoms with Gasteiger partial charge >= 0.3 is 5.97 Å². The summed E-state index contributed by atoms with van der Waals surface area (Å²) in [6, 6.07) is 27.0. The van der Waals surface area contributed by atoms with E-state index in [0.717, 1.165) is 36.1 Å². The predicted molar refractivity (Wildman–Crippen MR) is 152 cm³/mol. The van der Waals surface area contributed by atoms with Crippen molar-refractivity contribution in [1.29, 1.82) is 0 Å². The van der Waals surface area contributed by atoms with Gasteiger partial charge in [-0.2, -0.15) is 0 Å². The van der Waals surface area contributed by atoms with E-state index < -0.39 is 11.6 Å². The summed E-state index contributed by atoms with van der Waals surface area (Å²) in [4.78, 5) is 13.7. The van der Waals surface area contributed by atoms with Crippen molar-refractivity contribution in [3.05, 3.63) is 102 Å². The molecule has 0 heterocycles. The van der Waals surface area contributed by atoms with Gasteiger partial charge in [0, 0.05) is 12.3 Å². The van der Waals surface area contributed by atoms with Crippen molar-refractivity contribution < 1.29 is 23.4 Å². The fraction of sp³-hybridized carbons (Fsp3) is 0.441. The summed E-state index contributed by atoms with van der Waals surface area (Å²) in [6.07, 6.45) is 2.23. The molecular weight excluding hydrogens is 491 g/mol. The van der Waals surface area contributed by atoms with Crippen LogP contribution < -0.4 is 4.74 Å². The van der Waals surface area contributed by atoms with Gasteiger partial charge in [-0.15, -0.1) is 0 Å². The largest absolute Gasteiger partial charge is 0.497 e. The summed E-state index contributed by atoms with van der Waals surface area (Å²) in [5, 5.41) is 0. The second-order valence-corrected chi connectivity index (χ2v) is 11.5. The topological polar surface area (TPSA) is 44.8 Å². The number of alkyl halides is 1. The first-order valence-corrected chi connectivity index (χ1v) is 13.9. The molecule has 1 fully saturated rings. The molecule has 0 radical (unpaired) electrons. The van der Waals surface area contributed by atoms with Crippen LogP contribution in [0.4, 0.5) is 4.39 Å². The Morgan fingerprint density at radius 2 is 1.54 bits per heavy atom. The lowest BCUT2D eigenvalue weighted by atomic mass is 9.64. The molecule has 1 aliphatic rings. The van der Waals surface area contributed by atoms with Crippen molar-refractivity contribution >= 4 is 5.97 Å². The van der Waals surface area contributed by atoms with Crippen molar-refractivity contribution in [2.45, 2.75) is 70.2 Å². The Balaban J connectivity index is 1.52. The average Bonchev–Trinajstić information content (AvgIpc) is 2.94. The van der Waals surface area contributed by atoms with Gasteiger partial charge in [-0.3, -0.25) is 0 Å². The third-order valence-corrected chi connectivity index (χ3v) is 8.21. The molecule has 0 saturated heterocycles. The number of methoxy groups -OCH3 is 1. The molecule has 0 spiro atoms. The van der Waals surface area contributed by atoms with Gasteiger partial charge < -0.3 is 14.2 Å². The summed E-state index contributed by atoms with van der Waals surface area (Å²) in [5.41, 5.74) is 0.260. The Labute approximate surface area is 232 Å². The van der Waals surface area contributed by atoms with Gasteiger partial charge in [0.1, 0.15) is 11.9 Å². The van der Waals surface area contributed by atoms with Gasteiger partial charge in [0.05, 0.1) is 20.3 Å². The van der Waals surface area contributed by atoms with Crippen molar-refractivity contribution in [2.75, 3.05) is 13.7 Å². The summed E-state index contributed by atoms with van der Waals surface area (Å²) in [7, 11) is 1.61. The van der Waals surface area contributed by atoms with Gasteiger partial charge in [-0.05, 0) is 53.0 Å². The van der Waals surface area contributed by atoms with Gasteiger partial charge in [-0.25, -0.2) is 9.18 Å². The van der Waals surface area contributed by atoms with E-state index in [1.165, 1.54) is 5.56 Å². The van der Waals surface area contributed by atoms with Crippen LogP contribution in [0.15, 0.2) is 84.9 Å². The number of hydrogen-bond acceptors (Lipinski definition) is 4. The third-order valence-electron chi connectivity index (χ3n) is 8.21. The molecule has 0 aliphatic heterocycles. The summed E-state index contributed by atoms with van der Waals surface area (Å²) in [6.45, 7) is 6.38. The molecule has 4 atom stereocenters. The maximum absolute atomic E-state index is 16.7. The van der Waals surface area contributed by atoms with Crippen LogP contribution in [-0.4, -0.2) is 31.5 Å². The fourth-order valence-electron chi connectivity index (χ4n) is 5.76. The first-order chi connectivity index (χ1) is 18.7. The second-order valence-electron chi connectivity index (χ2n) is 11.5. The number of rotatable bonds is 11. The van der Waals surface area contributed by atoms with E-state index in [2.05, 4.69) is 32.9 Å². The molecule has 1 aliphatic carbocycles. The highest BCUT2D eigenvalue weighted by atomic mass is 19.1. The van der Waals surface area contributed by atoms with Crippen LogP contribution in [0.3, 0.4) is 0 Å². The molecule has 5 heteroatoms. The maximum atomic E-state index is 16.7. The molecule has 0 bridgehead atoms. The van der Waals surface area contributed by atoms with E-state index in [9.17, 15) is 4.79 Å². The molecule has 4 nitrogen and oxygen atoms in total. The number of esters is 1. The zero-order valence-corrected chi connectivity index (χ0v) is 23.6. The van der Waals surface area contributed by atoms with Crippen molar-refractivity contribution in [1.82, 2.24) is 0 Å². The molecule has 0 unspecified atom stereocenters. The van der Waals surface area contributed by atoms with Crippen LogP contribution >= 0.6 is 0 Å². The number of carbonyl (C=O) groups excluding carboxylic acids is 1. The number of hydrogen-bond donors (Lipinski definition) is 0. The minimum atomic E-state index is -2.31. The molecule has 0 amide bonds. The normalized spacial score (nSPS) is 21.1. The van der Waals surface area contributed by atoms with E-state index in [4.69, 9.17) is 14.2 Å². The molecule has 39 heavy (non-hydrogen) atoms. The molecule has 4 rings (SSSR count). The zero-order chi connectivity index (χ0) is 27.9. The molecule has 3 aromatic carbocycles. The standard InChI is InChI=1S/C34H41FO4/c1-25-15-20-30(33(2,3)28-13-9-6-10-14-28)31(21-25)39-32(36)34(35,22-26-11-7-5-8-12-26)24-38-23-27-16-18-29(37-4)19-17-27/h5-14,16-19,25,30-31H,15,20-24H2,1-4H3/t25-,30-,31-,34+/m1/s1. The van der Waals surface area contributed by atoms with Crippen LogP contribution in [0.1, 0.15) is 56.7 Å². The Bertz CT molecular complexity index is 1180. The third kappa shape index (κ3) is 7.27. The van der Waals surface area contributed by atoms with Gasteiger partial charge in [0.2, 0.25) is 5.67 Å². The van der Waals surface area contributed by atoms with Crippen LogP contribution in [-0.2, 0) is 32.7 Å². The lowest BCUT2D eigenvalue weighted by Crippen LogP contribution is -2.49. The predicted octanol–water partition coefficient (Wildman–Crippen LogP) is 7.49. The van der Waals surface area contributed by atoms with Crippen molar-refractivity contribution in [2.24, 2.45) is 11.8 Å². The minimum Gasteiger partial charge on any atom is -0.497 e. The highest BCUT2D eigenvalue weighted by Gasteiger charge is 2.47. The van der Waals surface area contributed by atoms with E-state index >= 15 is 4.39 Å². The highest BCUT2D eigenvalue weighted by Crippen LogP contribution is 2.44. The van der Waals surface area contributed by atoms with Crippen molar-refractivity contribution in [3.63, 3.8) is 0 Å². The summed E-state index contributed by atoms with van der Waals surface area (Å²) in [5.74, 6) is 0.385. The number of halogens is 1. The highest BCUT2D eigenvalue weighted by molar-refractivity contribution is 5.80. The van der Waals surface area contributed by atoms with Crippen LogP contribution in [0, 0.1) is 11.8 Å². The molecule has 0 aromatic heterocycles. The summed E-state index contributed by atoms with van der Waals surface area (Å²) >= 11 is 0. The number of ether oxygens (including phenoxy) is 3. The van der Waals surface area contributed by atoms with Crippen molar-refractivity contribution in [3.8, 4) is 5.75 Å². The zero-order valence-electron chi connectivity index (χ0n) is 23.6. The van der Waals surface area contributed by atoms with Crippen LogP contribution in [0.2, 0.25) is 0 Å². The van der Waals surface area contributed by atoms with Gasteiger partial charge in [0.15, 0.2) is 0 Å². The Kier molecular flexibility index (Phi) is 9.45. The molecule has 1 saturated carbocycles. The first-order valence-electron chi connectivity index (χ1n) is 13.9. The Hall–Kier alpha value is -3.18. The maximum Gasteiger partial charge on any atom is 0.346 e. The molecule has 3 aromatic rings. The second kappa shape index (κ2) is 12.8. The molecule has 208 valence electrons. The lowest BCUT2D eigenvalue weighted by molar-refractivity contribution is -0.175. The quantitative estimate of drug-likeness (QED) is 0.240. The lowest BCUT2D eigenvalue weighted by Gasteiger charge is -2.44. The van der Waals surface area contributed by atoms with E-state index in [1.807, 2.05) is 72.8 Å². The Morgan fingerprint density at radius 1 is 0.897 bits per heavy atom. The van der Waals surface area contributed by atoms with Gasteiger partial charge in [-0.1, -0.05) is 100.0 Å². The van der Waals surface area contributed by atoms with E-state index in [-0.39, 0.29) is 37.1 Å². The smallest absolute Gasteiger partial charge is 0.346 e. The monoisotopic (exact) mass is 532 g/mol. The minimum absolute atomic E-state index is 0.0845. The fourth-order valence-corrected chi connectivity index (χ4v) is 5.76. The molecular formula is C34H41FO4. The SMILES string of the molecule is COc1ccc(COC[C@@](F)(Cc2ccccc2)C(=O)O[C@@H]2C[C@H](C)CC[C@H]2C(C)(C)c2ccccc2)cc1. The first kappa shape index (κ1) is 28.8. The van der Waals surface area contributed by atoms with Crippen LogP contribution in [0.25, 0.3) is 0 Å². The number of carbonyl (C=O) groups is 1. The van der Waals surface area contributed by atoms with E-state index in [1.54, 1.807) is 7.11 Å². The van der Waals surface area contributed by atoms with Crippen LogP contribution in [0.5, 0.6) is 5.75 Å². The Morgan fingerprint density at radius 3 is 2.18 bits per heavy atom. The average molecular weight is 533 g/mol. The van der Waals surface area contributed by atoms with Gasteiger partial charge in [0.25, 0.3) is 0 Å². The molecule has 0 N–H and O–H groups in total. The van der Waals surface area contributed by atoms with E-state index in [0.29, 0.717) is 5.92 Å².